The summed E-state index contributed by atoms with van der Waals surface area (Å²) in [5.74, 6) is 0.880. The molecular weight excluding hydrogens is 427 g/mol. The van der Waals surface area contributed by atoms with Gasteiger partial charge in [0.1, 0.15) is 11.0 Å². The van der Waals surface area contributed by atoms with E-state index in [0.717, 1.165) is 24.5 Å². The second kappa shape index (κ2) is 11.0. The lowest BCUT2D eigenvalue weighted by molar-refractivity contribution is -0.118. The average Bonchev–Trinajstić information content (AvgIpc) is 2.62. The van der Waals surface area contributed by atoms with Gasteiger partial charge < -0.3 is 10.2 Å². The zero-order valence-electron chi connectivity index (χ0n) is 15.1. The van der Waals surface area contributed by atoms with Gasteiger partial charge in [0.25, 0.3) is 0 Å². The Kier molecular flexibility index (Phi) is 8.96. The maximum absolute atomic E-state index is 12.1. The zero-order chi connectivity index (χ0) is 19.8. The number of carbonyl (C=O) groups excluding carboxylic acids is 1. The van der Waals surface area contributed by atoms with E-state index in [1.54, 1.807) is 18.2 Å². The summed E-state index contributed by atoms with van der Waals surface area (Å²) in [6.45, 7) is 6.23. The Morgan fingerprint density at radius 2 is 1.89 bits per heavy atom. The highest BCUT2D eigenvalue weighted by molar-refractivity contribution is 7.99. The lowest BCUT2D eigenvalue weighted by Crippen LogP contribution is -2.27. The number of anilines is 1. The quantitative estimate of drug-likeness (QED) is 0.342. The van der Waals surface area contributed by atoms with Crippen molar-refractivity contribution in [2.45, 2.75) is 25.4 Å². The van der Waals surface area contributed by atoms with E-state index >= 15 is 0 Å². The number of benzene rings is 1. The van der Waals surface area contributed by atoms with Crippen molar-refractivity contribution in [1.29, 1.82) is 0 Å². The summed E-state index contributed by atoms with van der Waals surface area (Å²) >= 11 is 19.4. The van der Waals surface area contributed by atoms with Crippen LogP contribution in [0.3, 0.4) is 0 Å². The number of hydrogen-bond acceptors (Lipinski definition) is 5. The molecule has 0 aliphatic carbocycles. The SMILES string of the molecule is CCN(CC)c1cc(Cl)nc(SCC(=O)NCCc2ccc(Cl)cc2Cl)n1. The lowest BCUT2D eigenvalue weighted by atomic mass is 10.1. The minimum atomic E-state index is -0.0990. The molecule has 1 N–H and O–H groups in total. The Morgan fingerprint density at radius 1 is 1.15 bits per heavy atom. The van der Waals surface area contributed by atoms with Gasteiger partial charge in [-0.15, -0.1) is 0 Å². The van der Waals surface area contributed by atoms with Gasteiger partial charge in [-0.3, -0.25) is 4.79 Å². The van der Waals surface area contributed by atoms with Crippen molar-refractivity contribution in [1.82, 2.24) is 15.3 Å². The van der Waals surface area contributed by atoms with Gasteiger partial charge >= 0.3 is 0 Å². The second-order valence-electron chi connectivity index (χ2n) is 5.63. The summed E-state index contributed by atoms with van der Waals surface area (Å²) in [6, 6.07) is 7.07. The Bertz CT molecular complexity index is 787. The van der Waals surface area contributed by atoms with Crippen molar-refractivity contribution in [3.8, 4) is 0 Å². The third kappa shape index (κ3) is 7.03. The zero-order valence-corrected chi connectivity index (χ0v) is 18.2. The van der Waals surface area contributed by atoms with Crippen LogP contribution in [-0.2, 0) is 11.2 Å². The first-order valence-electron chi connectivity index (χ1n) is 8.55. The number of aromatic nitrogens is 2. The topological polar surface area (TPSA) is 58.1 Å². The fourth-order valence-corrected chi connectivity index (χ4v) is 3.82. The predicted octanol–water partition coefficient (Wildman–Crippen LogP) is 4.73. The van der Waals surface area contributed by atoms with E-state index in [-0.39, 0.29) is 11.7 Å². The lowest BCUT2D eigenvalue weighted by Gasteiger charge is -2.20. The molecule has 0 atom stereocenters. The first-order chi connectivity index (χ1) is 12.9. The van der Waals surface area contributed by atoms with E-state index in [2.05, 4.69) is 20.2 Å². The van der Waals surface area contributed by atoms with E-state index in [0.29, 0.717) is 33.3 Å². The maximum Gasteiger partial charge on any atom is 0.230 e. The van der Waals surface area contributed by atoms with E-state index in [1.807, 2.05) is 19.9 Å². The van der Waals surface area contributed by atoms with Crippen LogP contribution in [0, 0.1) is 0 Å². The molecule has 1 amide bonds. The minimum Gasteiger partial charge on any atom is -0.357 e. The standard InChI is InChI=1S/C18H21Cl3N4OS/c1-3-25(4-2)16-10-15(21)23-18(24-16)27-11-17(26)22-8-7-12-5-6-13(19)9-14(12)20/h5-6,9-10H,3-4,7-8,11H2,1-2H3,(H,22,26). The predicted molar refractivity (Wildman–Crippen MR) is 115 cm³/mol. The van der Waals surface area contributed by atoms with Crippen molar-refractivity contribution >= 4 is 58.3 Å². The highest BCUT2D eigenvalue weighted by atomic mass is 35.5. The van der Waals surface area contributed by atoms with Gasteiger partial charge in [0.15, 0.2) is 5.16 Å². The number of amides is 1. The molecule has 0 aliphatic rings. The fraction of sp³-hybridized carbons (Fsp3) is 0.389. The van der Waals surface area contributed by atoms with Crippen LogP contribution in [0.1, 0.15) is 19.4 Å². The van der Waals surface area contributed by atoms with Gasteiger partial charge in [0.05, 0.1) is 5.75 Å². The molecule has 1 aromatic heterocycles. The summed E-state index contributed by atoms with van der Waals surface area (Å²) in [4.78, 5) is 22.8. The van der Waals surface area contributed by atoms with Crippen LogP contribution < -0.4 is 10.2 Å². The minimum absolute atomic E-state index is 0.0990. The van der Waals surface area contributed by atoms with Gasteiger partial charge in [-0.25, -0.2) is 9.97 Å². The highest BCUT2D eigenvalue weighted by Gasteiger charge is 2.11. The summed E-state index contributed by atoms with van der Waals surface area (Å²) in [7, 11) is 0. The van der Waals surface area contributed by atoms with Crippen LogP contribution in [0.25, 0.3) is 0 Å². The molecule has 0 saturated heterocycles. The number of rotatable bonds is 9. The molecule has 2 rings (SSSR count). The van der Waals surface area contributed by atoms with Gasteiger partial charge in [-0.1, -0.05) is 52.6 Å². The molecule has 0 saturated carbocycles. The molecule has 5 nitrogen and oxygen atoms in total. The van der Waals surface area contributed by atoms with E-state index in [9.17, 15) is 4.79 Å². The van der Waals surface area contributed by atoms with E-state index in [1.165, 1.54) is 11.8 Å². The molecule has 2 aromatic rings. The number of thioether (sulfide) groups is 1. The molecule has 146 valence electrons. The summed E-state index contributed by atoms with van der Waals surface area (Å²) in [5, 5.41) is 4.91. The number of nitrogens with one attached hydrogen (secondary N) is 1. The van der Waals surface area contributed by atoms with E-state index in [4.69, 9.17) is 34.8 Å². The van der Waals surface area contributed by atoms with Crippen molar-refractivity contribution in [3.63, 3.8) is 0 Å². The molecular formula is C18H21Cl3N4OS. The van der Waals surface area contributed by atoms with Crippen LogP contribution in [0.5, 0.6) is 0 Å². The molecule has 9 heteroatoms. The molecule has 1 heterocycles. The highest BCUT2D eigenvalue weighted by Crippen LogP contribution is 2.22. The van der Waals surface area contributed by atoms with Crippen molar-refractivity contribution in [2.24, 2.45) is 0 Å². The van der Waals surface area contributed by atoms with Crippen LogP contribution in [0.4, 0.5) is 5.82 Å². The van der Waals surface area contributed by atoms with E-state index < -0.39 is 0 Å². The Hall–Kier alpha value is -1.21. The molecule has 0 bridgehead atoms. The van der Waals surface area contributed by atoms with Crippen LogP contribution in [0.15, 0.2) is 29.4 Å². The van der Waals surface area contributed by atoms with Gasteiger partial charge in [0, 0.05) is 35.7 Å². The monoisotopic (exact) mass is 446 g/mol. The molecule has 0 spiro atoms. The Morgan fingerprint density at radius 3 is 2.56 bits per heavy atom. The molecule has 0 aliphatic heterocycles. The number of nitrogens with zero attached hydrogens (tertiary/aromatic N) is 3. The van der Waals surface area contributed by atoms with Gasteiger partial charge in [-0.05, 0) is 38.0 Å². The summed E-state index contributed by atoms with van der Waals surface area (Å²) in [5.41, 5.74) is 0.941. The Balaban J connectivity index is 1.84. The summed E-state index contributed by atoms with van der Waals surface area (Å²) < 4.78 is 0. The summed E-state index contributed by atoms with van der Waals surface area (Å²) in [6.07, 6.45) is 0.631. The van der Waals surface area contributed by atoms with Crippen molar-refractivity contribution < 1.29 is 4.79 Å². The Labute approximate surface area is 178 Å². The second-order valence-corrected chi connectivity index (χ2v) is 7.80. The smallest absolute Gasteiger partial charge is 0.230 e. The normalized spacial score (nSPS) is 10.7. The van der Waals surface area contributed by atoms with Crippen molar-refractivity contribution in [2.75, 3.05) is 30.3 Å². The maximum atomic E-state index is 12.1. The number of hydrogen-bond donors (Lipinski definition) is 1. The molecule has 0 unspecified atom stereocenters. The average molecular weight is 448 g/mol. The molecule has 0 radical (unpaired) electrons. The van der Waals surface area contributed by atoms with Crippen LogP contribution >= 0.6 is 46.6 Å². The van der Waals surface area contributed by atoms with Crippen LogP contribution in [-0.4, -0.2) is 41.3 Å². The largest absolute Gasteiger partial charge is 0.357 e. The first kappa shape index (κ1) is 22.1. The number of carbonyl (C=O) groups is 1. The third-order valence-electron chi connectivity index (χ3n) is 3.81. The molecule has 1 aromatic carbocycles. The van der Waals surface area contributed by atoms with Crippen LogP contribution in [0.2, 0.25) is 15.2 Å². The van der Waals surface area contributed by atoms with Gasteiger partial charge in [0.2, 0.25) is 5.91 Å². The number of halogens is 3. The first-order valence-corrected chi connectivity index (χ1v) is 10.7. The molecule has 27 heavy (non-hydrogen) atoms. The van der Waals surface area contributed by atoms with Gasteiger partial charge in [-0.2, -0.15) is 0 Å². The fourth-order valence-electron chi connectivity index (χ4n) is 2.40. The van der Waals surface area contributed by atoms with Crippen molar-refractivity contribution in [3.05, 3.63) is 45.0 Å². The molecule has 0 fully saturated rings. The third-order valence-corrected chi connectivity index (χ3v) is 5.44.